The minimum atomic E-state index is 0.361. The standard InChI is InChI=1S/C17H22N2O2/c1-12(2)16-9-13(11-18-3)10-17(19-16)21-15-7-5-14(20-4)6-8-15/h5-10,12,18H,11H2,1-4H3. The Morgan fingerprint density at radius 1 is 1.10 bits per heavy atom. The van der Waals surface area contributed by atoms with Crippen molar-refractivity contribution >= 4 is 0 Å². The normalized spacial score (nSPS) is 10.7. The third-order valence-corrected chi connectivity index (χ3v) is 3.14. The second kappa shape index (κ2) is 7.09. The summed E-state index contributed by atoms with van der Waals surface area (Å²) in [7, 11) is 3.58. The summed E-state index contributed by atoms with van der Waals surface area (Å²) in [5, 5.41) is 3.16. The van der Waals surface area contributed by atoms with Gasteiger partial charge in [0.05, 0.1) is 7.11 Å². The van der Waals surface area contributed by atoms with Gasteiger partial charge >= 0.3 is 0 Å². The van der Waals surface area contributed by atoms with Gasteiger partial charge in [0.15, 0.2) is 0 Å². The number of nitrogens with zero attached hydrogens (tertiary/aromatic N) is 1. The van der Waals surface area contributed by atoms with Crippen molar-refractivity contribution in [2.24, 2.45) is 0 Å². The summed E-state index contributed by atoms with van der Waals surface area (Å²) in [6.45, 7) is 5.05. The molecule has 0 amide bonds. The maximum Gasteiger partial charge on any atom is 0.219 e. The topological polar surface area (TPSA) is 43.4 Å². The molecule has 112 valence electrons. The number of hydrogen-bond donors (Lipinski definition) is 1. The van der Waals surface area contributed by atoms with Crippen molar-refractivity contribution in [3.05, 3.63) is 47.7 Å². The molecule has 4 nitrogen and oxygen atoms in total. The van der Waals surface area contributed by atoms with Crippen molar-refractivity contribution in [1.29, 1.82) is 0 Å². The van der Waals surface area contributed by atoms with Crippen molar-refractivity contribution in [3.8, 4) is 17.4 Å². The van der Waals surface area contributed by atoms with Crippen LogP contribution in [0.25, 0.3) is 0 Å². The predicted molar refractivity (Wildman–Crippen MR) is 84.2 cm³/mol. The quantitative estimate of drug-likeness (QED) is 0.879. The molecule has 0 saturated carbocycles. The van der Waals surface area contributed by atoms with Crippen LogP contribution in [0.15, 0.2) is 36.4 Å². The average molecular weight is 286 g/mol. The number of pyridine rings is 1. The highest BCUT2D eigenvalue weighted by Crippen LogP contribution is 2.25. The fourth-order valence-corrected chi connectivity index (χ4v) is 2.00. The number of benzene rings is 1. The molecule has 0 atom stereocenters. The lowest BCUT2D eigenvalue weighted by Gasteiger charge is -2.12. The van der Waals surface area contributed by atoms with Crippen LogP contribution in [0.3, 0.4) is 0 Å². The second-order valence-corrected chi connectivity index (χ2v) is 5.20. The predicted octanol–water partition coefficient (Wildman–Crippen LogP) is 3.73. The molecule has 0 aliphatic heterocycles. The van der Waals surface area contributed by atoms with E-state index in [4.69, 9.17) is 9.47 Å². The van der Waals surface area contributed by atoms with Crippen LogP contribution in [0.1, 0.15) is 31.0 Å². The van der Waals surface area contributed by atoms with E-state index in [2.05, 4.69) is 30.2 Å². The number of aromatic nitrogens is 1. The minimum Gasteiger partial charge on any atom is -0.497 e. The molecule has 0 spiro atoms. The maximum atomic E-state index is 5.86. The van der Waals surface area contributed by atoms with Crippen LogP contribution in [0.4, 0.5) is 0 Å². The summed E-state index contributed by atoms with van der Waals surface area (Å²) in [5.41, 5.74) is 2.20. The number of hydrogen-bond acceptors (Lipinski definition) is 4. The summed E-state index contributed by atoms with van der Waals surface area (Å²) >= 11 is 0. The Hall–Kier alpha value is -2.07. The van der Waals surface area contributed by atoms with Gasteiger partial charge in [-0.1, -0.05) is 13.8 Å². The zero-order chi connectivity index (χ0) is 15.2. The first-order chi connectivity index (χ1) is 10.1. The molecule has 21 heavy (non-hydrogen) atoms. The van der Waals surface area contributed by atoms with Crippen molar-refractivity contribution in [2.75, 3.05) is 14.2 Å². The Morgan fingerprint density at radius 2 is 1.76 bits per heavy atom. The first kappa shape index (κ1) is 15.3. The lowest BCUT2D eigenvalue weighted by Crippen LogP contribution is -2.07. The van der Waals surface area contributed by atoms with Crippen molar-refractivity contribution in [1.82, 2.24) is 10.3 Å². The Morgan fingerprint density at radius 3 is 2.33 bits per heavy atom. The molecular weight excluding hydrogens is 264 g/mol. The Bertz CT molecular complexity index is 580. The smallest absolute Gasteiger partial charge is 0.219 e. The molecule has 0 radical (unpaired) electrons. The zero-order valence-electron chi connectivity index (χ0n) is 13.0. The van der Waals surface area contributed by atoms with Crippen LogP contribution in [0, 0.1) is 0 Å². The van der Waals surface area contributed by atoms with E-state index in [0.29, 0.717) is 11.8 Å². The van der Waals surface area contributed by atoms with Crippen molar-refractivity contribution < 1.29 is 9.47 Å². The summed E-state index contributed by atoms with van der Waals surface area (Å²) < 4.78 is 11.0. The van der Waals surface area contributed by atoms with Crippen LogP contribution < -0.4 is 14.8 Å². The van der Waals surface area contributed by atoms with Crippen molar-refractivity contribution in [3.63, 3.8) is 0 Å². The Kier molecular flexibility index (Phi) is 5.17. The number of nitrogens with one attached hydrogen (secondary N) is 1. The second-order valence-electron chi connectivity index (χ2n) is 5.20. The van der Waals surface area contributed by atoms with Crippen LogP contribution in [-0.2, 0) is 6.54 Å². The molecule has 0 saturated heterocycles. The molecule has 2 rings (SSSR count). The van der Waals surface area contributed by atoms with Crippen LogP contribution >= 0.6 is 0 Å². The molecule has 4 heteroatoms. The first-order valence-electron chi connectivity index (χ1n) is 7.09. The summed E-state index contributed by atoms with van der Waals surface area (Å²) in [6.07, 6.45) is 0. The molecule has 1 N–H and O–H groups in total. The molecule has 1 aromatic carbocycles. The third-order valence-electron chi connectivity index (χ3n) is 3.14. The van der Waals surface area contributed by atoms with E-state index in [0.717, 1.165) is 23.7 Å². The zero-order valence-corrected chi connectivity index (χ0v) is 13.0. The van der Waals surface area contributed by atoms with E-state index in [9.17, 15) is 0 Å². The van der Waals surface area contributed by atoms with Gasteiger partial charge in [-0.3, -0.25) is 0 Å². The molecule has 0 aliphatic rings. The molecule has 0 unspecified atom stereocenters. The van der Waals surface area contributed by atoms with Gasteiger partial charge in [0, 0.05) is 18.3 Å². The summed E-state index contributed by atoms with van der Waals surface area (Å²) in [4.78, 5) is 4.57. The summed E-state index contributed by atoms with van der Waals surface area (Å²) in [6, 6.07) is 11.6. The van der Waals surface area contributed by atoms with Gasteiger partial charge in [0.25, 0.3) is 0 Å². The van der Waals surface area contributed by atoms with Gasteiger partial charge < -0.3 is 14.8 Å². The fraction of sp³-hybridized carbons (Fsp3) is 0.353. The van der Waals surface area contributed by atoms with Crippen LogP contribution in [0.5, 0.6) is 17.4 Å². The monoisotopic (exact) mass is 286 g/mol. The maximum absolute atomic E-state index is 5.86. The molecule has 0 aliphatic carbocycles. The lowest BCUT2D eigenvalue weighted by atomic mass is 10.1. The molecule has 1 aromatic heterocycles. The molecular formula is C17H22N2O2. The largest absolute Gasteiger partial charge is 0.497 e. The Labute approximate surface area is 126 Å². The number of methoxy groups -OCH3 is 1. The molecule has 0 fully saturated rings. The minimum absolute atomic E-state index is 0.361. The molecule has 0 bridgehead atoms. The summed E-state index contributed by atoms with van der Waals surface area (Å²) in [5.74, 6) is 2.54. The lowest BCUT2D eigenvalue weighted by molar-refractivity contribution is 0.412. The van der Waals surface area contributed by atoms with Gasteiger partial charge in [0.2, 0.25) is 5.88 Å². The van der Waals surface area contributed by atoms with Crippen LogP contribution in [-0.4, -0.2) is 19.1 Å². The van der Waals surface area contributed by atoms with Gasteiger partial charge in [-0.2, -0.15) is 0 Å². The Balaban J connectivity index is 2.24. The van der Waals surface area contributed by atoms with E-state index < -0.39 is 0 Å². The van der Waals surface area contributed by atoms with E-state index in [-0.39, 0.29) is 0 Å². The highest BCUT2D eigenvalue weighted by molar-refractivity contribution is 5.35. The van der Waals surface area contributed by atoms with Gasteiger partial charge in [0.1, 0.15) is 11.5 Å². The SMILES string of the molecule is CNCc1cc(Oc2ccc(OC)cc2)nc(C(C)C)c1. The fourth-order valence-electron chi connectivity index (χ4n) is 2.00. The van der Waals surface area contributed by atoms with E-state index >= 15 is 0 Å². The van der Waals surface area contributed by atoms with Crippen LogP contribution in [0.2, 0.25) is 0 Å². The average Bonchev–Trinajstić information content (AvgIpc) is 2.48. The molecule has 1 heterocycles. The highest BCUT2D eigenvalue weighted by Gasteiger charge is 2.08. The van der Waals surface area contributed by atoms with E-state index in [1.807, 2.05) is 37.4 Å². The van der Waals surface area contributed by atoms with Gasteiger partial charge in [-0.15, -0.1) is 0 Å². The highest BCUT2D eigenvalue weighted by atomic mass is 16.5. The number of rotatable bonds is 6. The third kappa shape index (κ3) is 4.20. The van der Waals surface area contributed by atoms with E-state index in [1.54, 1.807) is 7.11 Å². The number of ether oxygens (including phenoxy) is 2. The van der Waals surface area contributed by atoms with Crippen molar-refractivity contribution in [2.45, 2.75) is 26.3 Å². The van der Waals surface area contributed by atoms with E-state index in [1.165, 1.54) is 5.56 Å². The van der Waals surface area contributed by atoms with Gasteiger partial charge in [-0.25, -0.2) is 4.98 Å². The molecule has 2 aromatic rings. The van der Waals surface area contributed by atoms with Gasteiger partial charge in [-0.05, 0) is 48.9 Å². The first-order valence-corrected chi connectivity index (χ1v) is 7.09.